The second kappa shape index (κ2) is 21.2. The molecule has 0 bridgehead atoms. The fourth-order valence-corrected chi connectivity index (χ4v) is 4.66. The van der Waals surface area contributed by atoms with E-state index in [9.17, 15) is 79.2 Å². The van der Waals surface area contributed by atoms with Crippen molar-refractivity contribution in [3.8, 4) is 11.5 Å². The van der Waals surface area contributed by atoms with Crippen LogP contribution >= 0.6 is 0 Å². The molecular weight excluding hydrogens is 776 g/mol. The summed E-state index contributed by atoms with van der Waals surface area (Å²) < 4.78 is 11.5. The number of carboxylic acids is 4. The number of benzene rings is 3. The highest BCUT2D eigenvalue weighted by molar-refractivity contribution is 6.03. The Morgan fingerprint density at radius 1 is 0.414 bits per heavy atom. The van der Waals surface area contributed by atoms with Gasteiger partial charge < -0.3 is 71.6 Å². The molecular formula is C36H38N4O18. The summed E-state index contributed by atoms with van der Waals surface area (Å²) in [5.41, 5.74) is -0.130. The average Bonchev–Trinajstić information content (AvgIpc) is 3.20. The van der Waals surface area contributed by atoms with Gasteiger partial charge in [0, 0.05) is 22.3 Å². The Kier molecular flexibility index (Phi) is 16.6. The second-order valence-corrected chi connectivity index (χ2v) is 12.1. The zero-order chi connectivity index (χ0) is 43.1. The summed E-state index contributed by atoms with van der Waals surface area (Å²) in [5.74, 6) is -10.5. The Morgan fingerprint density at radius 2 is 0.638 bits per heavy atom. The third-order valence-electron chi connectivity index (χ3n) is 7.84. The largest absolute Gasteiger partial charge is 0.489 e. The molecule has 0 aromatic heterocycles. The van der Waals surface area contributed by atoms with Gasteiger partial charge in [0.05, 0.1) is 26.4 Å². The number of aliphatic hydroxyl groups excluding tert-OH is 4. The number of hydrogen-bond donors (Lipinski definition) is 12. The molecule has 3 aromatic carbocycles. The molecule has 12 N–H and O–H groups in total. The predicted molar refractivity (Wildman–Crippen MR) is 192 cm³/mol. The van der Waals surface area contributed by atoms with Gasteiger partial charge in [0.15, 0.2) is 24.2 Å². The lowest BCUT2D eigenvalue weighted by Gasteiger charge is -2.16. The molecule has 3 aromatic rings. The van der Waals surface area contributed by atoms with Crippen LogP contribution in [0.25, 0.3) is 0 Å². The van der Waals surface area contributed by atoms with Gasteiger partial charge in [-0.05, 0) is 47.5 Å². The number of hydrogen-bond acceptors (Lipinski definition) is 14. The molecule has 4 amide bonds. The molecule has 0 aliphatic heterocycles. The first kappa shape index (κ1) is 45.3. The number of nitrogens with one attached hydrogen (secondary N) is 4. The normalized spacial score (nSPS) is 12.8. The maximum atomic E-state index is 12.9. The average molecular weight is 815 g/mol. The van der Waals surface area contributed by atoms with E-state index in [4.69, 9.17) is 9.47 Å². The van der Waals surface area contributed by atoms with Crippen LogP contribution < -0.4 is 30.7 Å². The van der Waals surface area contributed by atoms with E-state index in [1.54, 1.807) is 24.3 Å². The molecule has 0 aliphatic carbocycles. The summed E-state index contributed by atoms with van der Waals surface area (Å²) in [4.78, 5) is 96.7. The van der Waals surface area contributed by atoms with E-state index in [0.29, 0.717) is 11.1 Å². The van der Waals surface area contributed by atoms with Crippen LogP contribution in [0.1, 0.15) is 52.6 Å². The summed E-state index contributed by atoms with van der Waals surface area (Å²) >= 11 is 0. The Hall–Kier alpha value is -7.14. The van der Waals surface area contributed by atoms with Crippen molar-refractivity contribution in [2.24, 2.45) is 0 Å². The van der Waals surface area contributed by atoms with Crippen molar-refractivity contribution in [2.45, 2.75) is 37.4 Å². The molecule has 22 nitrogen and oxygen atoms in total. The third kappa shape index (κ3) is 13.0. The first-order valence-corrected chi connectivity index (χ1v) is 16.7. The maximum Gasteiger partial charge on any atom is 0.328 e. The summed E-state index contributed by atoms with van der Waals surface area (Å²) in [6, 6.07) is 6.23. The number of aliphatic hydroxyl groups is 4. The van der Waals surface area contributed by atoms with Crippen molar-refractivity contribution in [3.05, 3.63) is 94.0 Å². The highest BCUT2D eigenvalue weighted by atomic mass is 16.5. The summed E-state index contributed by atoms with van der Waals surface area (Å²) in [6.45, 7) is -4.17. The van der Waals surface area contributed by atoms with E-state index in [2.05, 4.69) is 21.3 Å². The first-order valence-electron chi connectivity index (χ1n) is 16.7. The molecule has 0 saturated carbocycles. The lowest BCUT2D eigenvalue weighted by atomic mass is 10.1. The topological polar surface area (TPSA) is 365 Å². The number of aliphatic carboxylic acids is 4. The molecule has 0 aliphatic rings. The van der Waals surface area contributed by atoms with Crippen molar-refractivity contribution < 1.29 is 88.7 Å². The quantitative estimate of drug-likeness (QED) is 0.0500. The Morgan fingerprint density at radius 3 is 0.828 bits per heavy atom. The van der Waals surface area contributed by atoms with E-state index in [1.807, 2.05) is 0 Å². The Balaban J connectivity index is 1.82. The van der Waals surface area contributed by atoms with Crippen LogP contribution in [0, 0.1) is 0 Å². The van der Waals surface area contributed by atoms with E-state index in [0.717, 1.165) is 36.4 Å². The molecule has 0 spiro atoms. The van der Waals surface area contributed by atoms with E-state index in [1.165, 1.54) is 0 Å². The van der Waals surface area contributed by atoms with Gasteiger partial charge in [-0.15, -0.1) is 0 Å². The standard InChI is InChI=1S/C36H38N4O18/c41-11-25(33(49)50)37-29(45)19-5-20(30(46)38-26(12-42)34(51)52)8-23(7-19)57-15-17-1-2-18(4-3-17)16-58-24-9-21(31(47)39-27(13-43)35(53)54)6-22(10-24)32(48)40-28(14-44)36(55)56/h1-10,25-28,41-44H,11-16H2,(H,37,45)(H,38,46)(H,39,47)(H,40,48)(H,49,50)(H,51,52)(H,53,54)(H,55,56)/t25-,26-,27-,28-/m0/s1. The second-order valence-electron chi connectivity index (χ2n) is 12.1. The highest BCUT2D eigenvalue weighted by Crippen LogP contribution is 2.22. The molecule has 4 atom stereocenters. The van der Waals surface area contributed by atoms with Gasteiger partial charge >= 0.3 is 23.9 Å². The van der Waals surface area contributed by atoms with Crippen molar-refractivity contribution >= 4 is 47.5 Å². The van der Waals surface area contributed by atoms with Crippen molar-refractivity contribution in [3.63, 3.8) is 0 Å². The summed E-state index contributed by atoms with van der Waals surface area (Å²) in [7, 11) is 0. The van der Waals surface area contributed by atoms with Gasteiger partial charge in [0.2, 0.25) is 0 Å². The van der Waals surface area contributed by atoms with Crippen LogP contribution in [-0.4, -0.2) is 139 Å². The molecule has 0 heterocycles. The minimum atomic E-state index is -1.69. The number of carboxylic acid groups (broad SMARTS) is 4. The van der Waals surface area contributed by atoms with Gasteiger partial charge in [0.1, 0.15) is 24.7 Å². The fourth-order valence-electron chi connectivity index (χ4n) is 4.66. The van der Waals surface area contributed by atoms with Gasteiger partial charge in [-0.2, -0.15) is 0 Å². The molecule has 0 unspecified atom stereocenters. The fraction of sp³-hybridized carbons (Fsp3) is 0.278. The lowest BCUT2D eigenvalue weighted by Crippen LogP contribution is -2.44. The Bertz CT molecular complexity index is 1770. The van der Waals surface area contributed by atoms with Crippen LogP contribution in [0.3, 0.4) is 0 Å². The molecule has 0 saturated heterocycles. The third-order valence-corrected chi connectivity index (χ3v) is 7.84. The van der Waals surface area contributed by atoms with Crippen LogP contribution in [0.5, 0.6) is 11.5 Å². The number of carbonyl (C=O) groups is 8. The minimum absolute atomic E-state index is 0.0944. The number of ether oxygens (including phenoxy) is 2. The van der Waals surface area contributed by atoms with Crippen molar-refractivity contribution in [1.82, 2.24) is 21.3 Å². The van der Waals surface area contributed by atoms with E-state index < -0.39 is 98.1 Å². The monoisotopic (exact) mass is 814 g/mol. The smallest absolute Gasteiger partial charge is 0.328 e. The lowest BCUT2D eigenvalue weighted by molar-refractivity contribution is -0.141. The van der Waals surface area contributed by atoms with E-state index >= 15 is 0 Å². The zero-order valence-corrected chi connectivity index (χ0v) is 30.0. The zero-order valence-electron chi connectivity index (χ0n) is 30.0. The van der Waals surface area contributed by atoms with Crippen LogP contribution in [0.4, 0.5) is 0 Å². The van der Waals surface area contributed by atoms with E-state index in [-0.39, 0.29) is 47.0 Å². The molecule has 0 fully saturated rings. The maximum absolute atomic E-state index is 12.9. The summed E-state index contributed by atoms with van der Waals surface area (Å²) in [5, 5.41) is 82.3. The number of amides is 4. The highest BCUT2D eigenvalue weighted by Gasteiger charge is 2.25. The SMILES string of the molecule is O=C(N[C@@H](CO)C(=O)O)c1cc(OCc2ccc(COc3cc(C(=O)N[C@@H](CO)C(=O)O)cc(C(=O)N[C@@H](CO)C(=O)O)c3)cc2)cc(C(=O)N[C@@H](CO)C(=O)O)c1. The van der Waals surface area contributed by atoms with Crippen LogP contribution in [0.15, 0.2) is 60.7 Å². The van der Waals surface area contributed by atoms with Gasteiger partial charge in [-0.1, -0.05) is 24.3 Å². The van der Waals surface area contributed by atoms with Gasteiger partial charge in [0.25, 0.3) is 23.6 Å². The van der Waals surface area contributed by atoms with Crippen molar-refractivity contribution in [1.29, 1.82) is 0 Å². The van der Waals surface area contributed by atoms with Gasteiger partial charge in [-0.3, -0.25) is 19.2 Å². The minimum Gasteiger partial charge on any atom is -0.489 e. The molecule has 3 rings (SSSR count). The summed E-state index contributed by atoms with van der Waals surface area (Å²) in [6.07, 6.45) is 0. The van der Waals surface area contributed by atoms with Crippen LogP contribution in [0.2, 0.25) is 0 Å². The Labute approximate surface area is 326 Å². The van der Waals surface area contributed by atoms with Crippen LogP contribution in [-0.2, 0) is 32.4 Å². The molecule has 310 valence electrons. The molecule has 0 radical (unpaired) electrons. The number of rotatable bonds is 22. The number of carbonyl (C=O) groups excluding carboxylic acids is 4. The molecule has 58 heavy (non-hydrogen) atoms. The predicted octanol–water partition coefficient (Wildman–Crippen LogP) is -2.45. The molecule has 22 heteroatoms. The van der Waals surface area contributed by atoms with Crippen molar-refractivity contribution in [2.75, 3.05) is 26.4 Å². The first-order chi connectivity index (χ1) is 27.5. The van der Waals surface area contributed by atoms with Gasteiger partial charge in [-0.25, -0.2) is 19.2 Å².